The van der Waals surface area contributed by atoms with Crippen LogP contribution in [-0.2, 0) is 15.9 Å². The zero-order valence-corrected chi connectivity index (χ0v) is 11.5. The van der Waals surface area contributed by atoms with Gasteiger partial charge in [-0.25, -0.2) is 0 Å². The van der Waals surface area contributed by atoms with Crippen LogP contribution in [0.2, 0.25) is 0 Å². The van der Waals surface area contributed by atoms with Crippen LogP contribution in [0, 0.1) is 0 Å². The van der Waals surface area contributed by atoms with Gasteiger partial charge in [0.15, 0.2) is 0 Å². The monoisotopic (exact) mass is 253 g/mol. The average molecular weight is 253 g/mol. The highest BCUT2D eigenvalue weighted by Gasteiger charge is 2.41. The Labute approximate surface area is 108 Å². The molecule has 0 bridgehead atoms. The van der Waals surface area contributed by atoms with Crippen molar-refractivity contribution in [1.82, 2.24) is 10.1 Å². The normalized spacial score (nSPS) is 22.0. The molecule has 2 rings (SSSR count). The molecule has 0 aromatic carbocycles. The van der Waals surface area contributed by atoms with E-state index in [0.717, 1.165) is 38.5 Å². The molecule has 0 radical (unpaired) electrons. The first kappa shape index (κ1) is 13.5. The smallest absolute Gasteiger partial charge is 0.246 e. The summed E-state index contributed by atoms with van der Waals surface area (Å²) in [6, 6.07) is 0. The number of hydrogen-bond donors (Lipinski definition) is 1. The van der Waals surface area contributed by atoms with Crippen LogP contribution in [0.15, 0.2) is 4.52 Å². The van der Waals surface area contributed by atoms with Gasteiger partial charge in [-0.05, 0) is 39.0 Å². The lowest BCUT2D eigenvalue weighted by atomic mass is 9.97. The van der Waals surface area contributed by atoms with Gasteiger partial charge < -0.3 is 15.0 Å². The molecule has 18 heavy (non-hydrogen) atoms. The first-order valence-electron chi connectivity index (χ1n) is 6.73. The molecular formula is C13H23N3O2. The number of methoxy groups -OCH3 is 1. The van der Waals surface area contributed by atoms with Crippen molar-refractivity contribution in [3.63, 3.8) is 0 Å². The van der Waals surface area contributed by atoms with Crippen molar-refractivity contribution in [1.29, 1.82) is 0 Å². The Bertz CT molecular complexity index is 395. The summed E-state index contributed by atoms with van der Waals surface area (Å²) >= 11 is 0. The number of aromatic nitrogens is 2. The van der Waals surface area contributed by atoms with Crippen LogP contribution in [-0.4, -0.2) is 17.3 Å². The van der Waals surface area contributed by atoms with E-state index < -0.39 is 5.54 Å². The van der Waals surface area contributed by atoms with Crippen molar-refractivity contribution < 1.29 is 9.26 Å². The maximum Gasteiger partial charge on any atom is 0.246 e. The third kappa shape index (κ3) is 2.29. The molecule has 5 nitrogen and oxygen atoms in total. The Morgan fingerprint density at radius 1 is 1.44 bits per heavy atom. The van der Waals surface area contributed by atoms with Crippen molar-refractivity contribution in [2.45, 2.75) is 63.5 Å². The van der Waals surface area contributed by atoms with Crippen LogP contribution >= 0.6 is 0 Å². The highest BCUT2D eigenvalue weighted by molar-refractivity contribution is 5.08. The van der Waals surface area contributed by atoms with Crippen molar-refractivity contribution in [3.05, 3.63) is 11.7 Å². The molecule has 1 saturated carbocycles. The fraction of sp³-hybridized carbons (Fsp3) is 0.846. The predicted molar refractivity (Wildman–Crippen MR) is 67.9 cm³/mol. The van der Waals surface area contributed by atoms with Gasteiger partial charge in [0.1, 0.15) is 5.60 Å². The second-order valence-corrected chi connectivity index (χ2v) is 5.50. The van der Waals surface area contributed by atoms with E-state index in [1.54, 1.807) is 7.11 Å². The molecule has 1 aliphatic carbocycles. The van der Waals surface area contributed by atoms with Gasteiger partial charge in [-0.15, -0.1) is 0 Å². The second kappa shape index (κ2) is 4.97. The summed E-state index contributed by atoms with van der Waals surface area (Å²) in [5, 5.41) is 4.10. The predicted octanol–water partition coefficient (Wildman–Crippen LogP) is 2.46. The van der Waals surface area contributed by atoms with Gasteiger partial charge in [0.2, 0.25) is 11.7 Å². The van der Waals surface area contributed by atoms with Crippen LogP contribution < -0.4 is 5.73 Å². The molecular weight excluding hydrogens is 230 g/mol. The van der Waals surface area contributed by atoms with Crippen molar-refractivity contribution in [3.8, 4) is 0 Å². The van der Waals surface area contributed by atoms with Gasteiger partial charge in [0.05, 0.1) is 5.54 Å². The Balaban J connectivity index is 2.24. The van der Waals surface area contributed by atoms with E-state index in [0.29, 0.717) is 11.7 Å². The summed E-state index contributed by atoms with van der Waals surface area (Å²) in [6.07, 6.45) is 6.02. The summed E-state index contributed by atoms with van der Waals surface area (Å²) in [4.78, 5) is 4.50. The molecule has 5 heteroatoms. The fourth-order valence-electron chi connectivity index (χ4n) is 2.73. The summed E-state index contributed by atoms with van der Waals surface area (Å²) in [5.41, 5.74) is 5.30. The lowest BCUT2D eigenvalue weighted by Crippen LogP contribution is -2.33. The quantitative estimate of drug-likeness (QED) is 0.872. The van der Waals surface area contributed by atoms with E-state index in [1.807, 2.05) is 6.92 Å². The molecule has 1 aromatic rings. The van der Waals surface area contributed by atoms with Crippen molar-refractivity contribution in [2.75, 3.05) is 7.11 Å². The molecule has 2 N–H and O–H groups in total. The highest BCUT2D eigenvalue weighted by atomic mass is 16.5. The average Bonchev–Trinajstić information content (AvgIpc) is 2.99. The van der Waals surface area contributed by atoms with Crippen molar-refractivity contribution in [2.24, 2.45) is 5.73 Å². The topological polar surface area (TPSA) is 74.2 Å². The van der Waals surface area contributed by atoms with Crippen LogP contribution in [0.25, 0.3) is 0 Å². The Morgan fingerprint density at radius 3 is 2.67 bits per heavy atom. The highest BCUT2D eigenvalue weighted by Crippen LogP contribution is 2.40. The van der Waals surface area contributed by atoms with E-state index >= 15 is 0 Å². The molecule has 1 heterocycles. The maximum absolute atomic E-state index is 6.21. The summed E-state index contributed by atoms with van der Waals surface area (Å²) in [7, 11) is 1.72. The zero-order chi connectivity index (χ0) is 13.2. The van der Waals surface area contributed by atoms with E-state index in [-0.39, 0.29) is 5.60 Å². The molecule has 1 atom stereocenters. The Hall–Kier alpha value is -0.940. The zero-order valence-electron chi connectivity index (χ0n) is 11.5. The SMILES string of the molecule is CCCC(C)(N)c1nc(C2(OC)CCCC2)no1. The standard InChI is InChI=1S/C13H23N3O2/c1-4-7-12(2,14)11-15-10(16-18-11)13(17-3)8-5-6-9-13/h4-9,14H2,1-3H3. The third-order valence-corrected chi connectivity index (χ3v) is 3.89. The van der Waals surface area contributed by atoms with Gasteiger partial charge in [0.25, 0.3) is 0 Å². The molecule has 0 spiro atoms. The molecule has 1 aromatic heterocycles. The molecule has 102 valence electrons. The molecule has 1 fully saturated rings. The van der Waals surface area contributed by atoms with Crippen molar-refractivity contribution >= 4 is 0 Å². The first-order chi connectivity index (χ1) is 8.54. The minimum absolute atomic E-state index is 0.357. The number of nitrogens with zero attached hydrogens (tertiary/aromatic N) is 2. The largest absolute Gasteiger partial charge is 0.370 e. The lowest BCUT2D eigenvalue weighted by molar-refractivity contribution is -0.0178. The summed E-state index contributed by atoms with van der Waals surface area (Å²) < 4.78 is 11.0. The second-order valence-electron chi connectivity index (χ2n) is 5.50. The molecule has 0 aliphatic heterocycles. The number of rotatable bonds is 5. The van der Waals surface area contributed by atoms with Crippen LogP contribution in [0.1, 0.15) is 64.1 Å². The van der Waals surface area contributed by atoms with Gasteiger partial charge >= 0.3 is 0 Å². The van der Waals surface area contributed by atoms with Gasteiger partial charge in [-0.1, -0.05) is 18.5 Å². The fourth-order valence-corrected chi connectivity index (χ4v) is 2.73. The van der Waals surface area contributed by atoms with Crippen LogP contribution in [0.5, 0.6) is 0 Å². The van der Waals surface area contributed by atoms with Gasteiger partial charge in [-0.3, -0.25) is 0 Å². The number of ether oxygens (including phenoxy) is 1. The minimum Gasteiger partial charge on any atom is -0.370 e. The molecule has 1 unspecified atom stereocenters. The first-order valence-corrected chi connectivity index (χ1v) is 6.73. The Kier molecular flexibility index (Phi) is 3.73. The van der Waals surface area contributed by atoms with E-state index in [1.165, 1.54) is 0 Å². The summed E-state index contributed by atoms with van der Waals surface area (Å²) in [6.45, 7) is 4.03. The number of nitrogens with two attached hydrogens (primary N) is 1. The maximum atomic E-state index is 6.21. The number of hydrogen-bond acceptors (Lipinski definition) is 5. The van der Waals surface area contributed by atoms with E-state index in [4.69, 9.17) is 15.0 Å². The van der Waals surface area contributed by atoms with Gasteiger partial charge in [0, 0.05) is 7.11 Å². The van der Waals surface area contributed by atoms with Crippen LogP contribution in [0.3, 0.4) is 0 Å². The third-order valence-electron chi connectivity index (χ3n) is 3.89. The van der Waals surface area contributed by atoms with Gasteiger partial charge in [-0.2, -0.15) is 4.98 Å². The molecule has 1 aliphatic rings. The summed E-state index contributed by atoms with van der Waals surface area (Å²) in [5.74, 6) is 1.17. The van der Waals surface area contributed by atoms with E-state index in [2.05, 4.69) is 17.1 Å². The molecule has 0 amide bonds. The minimum atomic E-state index is -0.548. The van der Waals surface area contributed by atoms with Crippen LogP contribution in [0.4, 0.5) is 0 Å². The molecule has 0 saturated heterocycles. The van der Waals surface area contributed by atoms with E-state index in [9.17, 15) is 0 Å². The Morgan fingerprint density at radius 2 is 2.11 bits per heavy atom. The lowest BCUT2D eigenvalue weighted by Gasteiger charge is -2.23.